The quantitative estimate of drug-likeness (QED) is 0.925. The highest BCUT2D eigenvalue weighted by Crippen LogP contribution is 2.28. The van der Waals surface area contributed by atoms with E-state index in [1.165, 1.54) is 6.20 Å². The van der Waals surface area contributed by atoms with Crippen LogP contribution < -0.4 is 5.73 Å². The lowest BCUT2D eigenvalue weighted by Crippen LogP contribution is -2.09. The highest BCUT2D eigenvalue weighted by atomic mass is 32.2. The maximum absolute atomic E-state index is 12.1. The maximum atomic E-state index is 12.1. The molecule has 0 amide bonds. The lowest BCUT2D eigenvalue weighted by atomic mass is 10.1. The summed E-state index contributed by atoms with van der Waals surface area (Å²) in [7, 11) is -3.39. The van der Waals surface area contributed by atoms with Gasteiger partial charge in [0.05, 0.1) is 17.6 Å². The van der Waals surface area contributed by atoms with Crippen molar-refractivity contribution in [3.05, 3.63) is 36.0 Å². The zero-order valence-corrected chi connectivity index (χ0v) is 11.6. The average molecular weight is 277 g/mol. The number of anilines is 1. The molecule has 1 aromatic heterocycles. The molecule has 19 heavy (non-hydrogen) atoms. The molecule has 1 heterocycles. The predicted octanol–water partition coefficient (Wildman–Crippen LogP) is 1.83. The molecule has 1 aromatic carbocycles. The fourth-order valence-corrected chi connectivity index (χ4v) is 2.77. The van der Waals surface area contributed by atoms with Gasteiger partial charge in [-0.15, -0.1) is 0 Å². The third-order valence-corrected chi connectivity index (χ3v) is 4.62. The summed E-state index contributed by atoms with van der Waals surface area (Å²) in [5.74, 6) is 0.0624. The van der Waals surface area contributed by atoms with Gasteiger partial charge in [0, 0.05) is 5.56 Å². The number of aryl methyl sites for hydroxylation is 1. The molecule has 2 rings (SSSR count). The van der Waals surface area contributed by atoms with Gasteiger partial charge in [0.25, 0.3) is 0 Å². The number of aromatic nitrogens is 2. The van der Waals surface area contributed by atoms with E-state index in [0.29, 0.717) is 5.69 Å². The minimum Gasteiger partial charge on any atom is -0.368 e. The molecule has 0 fully saturated rings. The molecule has 6 heteroatoms. The Morgan fingerprint density at radius 3 is 2.58 bits per heavy atom. The molecule has 0 saturated carbocycles. The van der Waals surface area contributed by atoms with Gasteiger partial charge in [-0.2, -0.15) is 0 Å². The van der Waals surface area contributed by atoms with Crippen LogP contribution in [-0.2, 0) is 9.84 Å². The van der Waals surface area contributed by atoms with Crippen molar-refractivity contribution < 1.29 is 8.42 Å². The molecule has 0 aliphatic heterocycles. The first-order valence-electron chi connectivity index (χ1n) is 5.87. The van der Waals surface area contributed by atoms with E-state index in [9.17, 15) is 8.42 Å². The van der Waals surface area contributed by atoms with Gasteiger partial charge in [-0.1, -0.05) is 31.2 Å². The summed E-state index contributed by atoms with van der Waals surface area (Å²) in [4.78, 5) is 8.03. The van der Waals surface area contributed by atoms with Gasteiger partial charge in [0.2, 0.25) is 5.95 Å². The van der Waals surface area contributed by atoms with Gasteiger partial charge in [-0.3, -0.25) is 0 Å². The summed E-state index contributed by atoms with van der Waals surface area (Å²) < 4.78 is 24.2. The lowest BCUT2D eigenvalue weighted by Gasteiger charge is -2.10. The van der Waals surface area contributed by atoms with Crippen LogP contribution in [0.25, 0.3) is 11.3 Å². The van der Waals surface area contributed by atoms with E-state index >= 15 is 0 Å². The first kappa shape index (κ1) is 13.5. The fraction of sp³-hybridized carbons (Fsp3) is 0.231. The first-order chi connectivity index (χ1) is 8.95. The second-order valence-corrected chi connectivity index (χ2v) is 6.41. The maximum Gasteiger partial charge on any atom is 0.220 e. The van der Waals surface area contributed by atoms with Gasteiger partial charge < -0.3 is 5.73 Å². The summed E-state index contributed by atoms with van der Waals surface area (Å²) in [6, 6.07) is 7.45. The van der Waals surface area contributed by atoms with Crippen LogP contribution in [0.2, 0.25) is 0 Å². The van der Waals surface area contributed by atoms with Crippen molar-refractivity contribution in [1.29, 1.82) is 0 Å². The summed E-state index contributed by atoms with van der Waals surface area (Å²) in [6.45, 7) is 3.49. The topological polar surface area (TPSA) is 85.9 Å². The Labute approximate surface area is 112 Å². The molecule has 0 saturated heterocycles. The van der Waals surface area contributed by atoms with Gasteiger partial charge in [-0.05, 0) is 12.5 Å². The van der Waals surface area contributed by atoms with Crippen LogP contribution in [0.5, 0.6) is 0 Å². The molecule has 0 aliphatic rings. The first-order valence-corrected chi connectivity index (χ1v) is 7.52. The van der Waals surface area contributed by atoms with E-state index < -0.39 is 9.84 Å². The molecule has 0 bridgehead atoms. The molecule has 2 N–H and O–H groups in total. The summed E-state index contributed by atoms with van der Waals surface area (Å²) >= 11 is 0. The largest absolute Gasteiger partial charge is 0.368 e. The van der Waals surface area contributed by atoms with Crippen LogP contribution in [0.4, 0.5) is 5.95 Å². The molecule has 0 atom stereocenters. The van der Waals surface area contributed by atoms with Crippen molar-refractivity contribution in [2.45, 2.75) is 18.7 Å². The minimum absolute atomic E-state index is 0.000834. The second-order valence-electron chi connectivity index (χ2n) is 4.16. The number of rotatable bonds is 3. The smallest absolute Gasteiger partial charge is 0.220 e. The average Bonchev–Trinajstić information content (AvgIpc) is 2.39. The van der Waals surface area contributed by atoms with Crippen LogP contribution in [0.3, 0.4) is 0 Å². The van der Waals surface area contributed by atoms with Crippen LogP contribution in [0, 0.1) is 6.92 Å². The molecule has 0 aliphatic carbocycles. The van der Waals surface area contributed by atoms with Crippen molar-refractivity contribution in [1.82, 2.24) is 9.97 Å². The number of nitrogens with zero attached hydrogens (tertiary/aromatic N) is 2. The predicted molar refractivity (Wildman–Crippen MR) is 74.3 cm³/mol. The van der Waals surface area contributed by atoms with Crippen molar-refractivity contribution in [3.8, 4) is 11.3 Å². The molecule has 0 unspecified atom stereocenters. The Morgan fingerprint density at radius 1 is 1.26 bits per heavy atom. The van der Waals surface area contributed by atoms with Gasteiger partial charge in [0.1, 0.15) is 4.90 Å². The molecule has 0 radical (unpaired) electrons. The third-order valence-electron chi connectivity index (χ3n) is 2.89. The Kier molecular flexibility index (Phi) is 3.53. The standard InChI is InChI=1S/C13H15N3O2S/c1-3-19(17,18)11-8-15-13(14)16-12(11)10-7-5-4-6-9(10)2/h4-8H,3H2,1-2H3,(H2,14,15,16). The number of hydrogen-bond acceptors (Lipinski definition) is 5. The molecule has 5 nitrogen and oxygen atoms in total. The zero-order chi connectivity index (χ0) is 14.0. The van der Waals surface area contributed by atoms with Crippen molar-refractivity contribution >= 4 is 15.8 Å². The van der Waals surface area contributed by atoms with Gasteiger partial charge in [0.15, 0.2) is 9.84 Å². The lowest BCUT2D eigenvalue weighted by molar-refractivity contribution is 0.597. The number of benzene rings is 1. The number of nitrogens with two attached hydrogens (primary N) is 1. The normalized spacial score (nSPS) is 11.5. The Hall–Kier alpha value is -1.95. The molecule has 0 spiro atoms. The highest BCUT2D eigenvalue weighted by Gasteiger charge is 2.20. The molecule has 100 valence electrons. The minimum atomic E-state index is -3.39. The SMILES string of the molecule is CCS(=O)(=O)c1cnc(N)nc1-c1ccccc1C. The summed E-state index contributed by atoms with van der Waals surface area (Å²) in [5, 5.41) is 0. The van der Waals surface area contributed by atoms with Gasteiger partial charge in [-0.25, -0.2) is 18.4 Å². The van der Waals surface area contributed by atoms with E-state index in [-0.39, 0.29) is 16.6 Å². The Balaban J connectivity index is 2.76. The molecule has 2 aromatic rings. The Bertz CT molecular complexity index is 712. The van der Waals surface area contributed by atoms with E-state index in [1.54, 1.807) is 6.92 Å². The van der Waals surface area contributed by atoms with Gasteiger partial charge >= 0.3 is 0 Å². The van der Waals surface area contributed by atoms with Crippen LogP contribution in [0.1, 0.15) is 12.5 Å². The highest BCUT2D eigenvalue weighted by molar-refractivity contribution is 7.91. The van der Waals surface area contributed by atoms with Crippen LogP contribution in [-0.4, -0.2) is 24.1 Å². The number of nitrogen functional groups attached to an aromatic ring is 1. The van der Waals surface area contributed by atoms with E-state index in [4.69, 9.17) is 5.73 Å². The van der Waals surface area contributed by atoms with E-state index in [0.717, 1.165) is 11.1 Å². The summed E-state index contributed by atoms with van der Waals surface area (Å²) in [5.41, 5.74) is 7.64. The third kappa shape index (κ3) is 2.58. The molecular weight excluding hydrogens is 262 g/mol. The second kappa shape index (κ2) is 4.97. The van der Waals surface area contributed by atoms with E-state index in [2.05, 4.69) is 9.97 Å². The summed E-state index contributed by atoms with van der Waals surface area (Å²) in [6.07, 6.45) is 1.28. The van der Waals surface area contributed by atoms with Crippen molar-refractivity contribution in [3.63, 3.8) is 0 Å². The van der Waals surface area contributed by atoms with Crippen molar-refractivity contribution in [2.75, 3.05) is 11.5 Å². The van der Waals surface area contributed by atoms with E-state index in [1.807, 2.05) is 31.2 Å². The monoisotopic (exact) mass is 277 g/mol. The van der Waals surface area contributed by atoms with Crippen LogP contribution in [0.15, 0.2) is 35.4 Å². The van der Waals surface area contributed by atoms with Crippen LogP contribution >= 0.6 is 0 Å². The number of sulfone groups is 1. The number of hydrogen-bond donors (Lipinski definition) is 1. The van der Waals surface area contributed by atoms with Crippen molar-refractivity contribution in [2.24, 2.45) is 0 Å². The molecular formula is C13H15N3O2S. The Morgan fingerprint density at radius 2 is 1.95 bits per heavy atom. The fourth-order valence-electron chi connectivity index (χ4n) is 1.80. The zero-order valence-electron chi connectivity index (χ0n) is 10.8.